The second-order valence-corrected chi connectivity index (χ2v) is 9.09. The largest absolute Gasteiger partial charge is 0.491 e. The molecule has 2 atom stereocenters. The summed E-state index contributed by atoms with van der Waals surface area (Å²) in [5.41, 5.74) is 1.47. The zero-order valence-electron chi connectivity index (χ0n) is 16.8. The van der Waals surface area contributed by atoms with Crippen molar-refractivity contribution in [1.29, 1.82) is 0 Å². The van der Waals surface area contributed by atoms with Gasteiger partial charge in [0.2, 0.25) is 10.0 Å². The van der Waals surface area contributed by atoms with Gasteiger partial charge in [0, 0.05) is 13.0 Å². The predicted molar refractivity (Wildman–Crippen MR) is 112 cm³/mol. The molecule has 156 valence electrons. The van der Waals surface area contributed by atoms with Crippen LogP contribution in [-0.2, 0) is 14.8 Å². The molecule has 0 aromatic heterocycles. The lowest BCUT2D eigenvalue weighted by Gasteiger charge is -2.20. The Hall–Kier alpha value is -2.74. The van der Waals surface area contributed by atoms with Gasteiger partial charge in [0.1, 0.15) is 18.1 Å². The number of fused-ring (bicyclic) bond motifs is 1. The zero-order valence-corrected chi connectivity index (χ0v) is 17.6. The first-order valence-corrected chi connectivity index (χ1v) is 11.3. The molecule has 3 rings (SSSR count). The van der Waals surface area contributed by atoms with Crippen LogP contribution in [0.25, 0.3) is 0 Å². The number of sulfonamides is 1. The molecule has 1 aliphatic rings. The second kappa shape index (κ2) is 8.73. The molecule has 1 amide bonds. The van der Waals surface area contributed by atoms with Crippen molar-refractivity contribution in [3.63, 3.8) is 0 Å². The van der Waals surface area contributed by atoms with Crippen LogP contribution in [-0.4, -0.2) is 45.9 Å². The number of carbonyl (C=O) groups excluding carboxylic acids is 1. The number of anilines is 1. The fourth-order valence-corrected chi connectivity index (χ4v) is 4.11. The van der Waals surface area contributed by atoms with Crippen LogP contribution in [0.3, 0.4) is 0 Å². The van der Waals surface area contributed by atoms with Crippen molar-refractivity contribution in [3.05, 3.63) is 54.1 Å². The van der Waals surface area contributed by atoms with Gasteiger partial charge in [0.15, 0.2) is 6.10 Å². The van der Waals surface area contributed by atoms with E-state index in [-0.39, 0.29) is 24.9 Å². The summed E-state index contributed by atoms with van der Waals surface area (Å²) >= 11 is 0. The number of ether oxygens (including phenoxy) is 2. The van der Waals surface area contributed by atoms with Gasteiger partial charge in [-0.1, -0.05) is 30.3 Å². The third-order valence-electron chi connectivity index (χ3n) is 4.66. The molecule has 1 heterocycles. The van der Waals surface area contributed by atoms with E-state index in [1.54, 1.807) is 24.3 Å². The minimum atomic E-state index is -3.48. The highest BCUT2D eigenvalue weighted by Gasteiger charge is 2.31. The molecule has 2 aromatic carbocycles. The number of hydrogen-bond acceptors (Lipinski definition) is 5. The van der Waals surface area contributed by atoms with E-state index in [0.717, 1.165) is 17.6 Å². The smallest absolute Gasteiger partial charge is 0.261 e. The van der Waals surface area contributed by atoms with E-state index < -0.39 is 16.1 Å². The maximum atomic E-state index is 12.7. The Morgan fingerprint density at radius 1 is 1.24 bits per heavy atom. The highest BCUT2D eigenvalue weighted by Crippen LogP contribution is 2.33. The van der Waals surface area contributed by atoms with Gasteiger partial charge in [-0.3, -0.25) is 9.10 Å². The molecule has 0 aliphatic carbocycles. The predicted octanol–water partition coefficient (Wildman–Crippen LogP) is 2.50. The number of benzene rings is 2. The van der Waals surface area contributed by atoms with Gasteiger partial charge in [0.05, 0.1) is 18.0 Å². The minimum absolute atomic E-state index is 0.169. The van der Waals surface area contributed by atoms with E-state index in [1.165, 1.54) is 4.31 Å². The molecule has 0 radical (unpaired) electrons. The number of amides is 1. The summed E-state index contributed by atoms with van der Waals surface area (Å²) in [4.78, 5) is 12.7. The normalized spacial score (nSPS) is 17.5. The summed E-state index contributed by atoms with van der Waals surface area (Å²) in [7, 11) is -3.48. The number of aryl methyl sites for hydroxylation is 1. The van der Waals surface area contributed by atoms with Crippen molar-refractivity contribution < 1.29 is 22.7 Å². The van der Waals surface area contributed by atoms with Crippen LogP contribution >= 0.6 is 0 Å². The third-order valence-corrected chi connectivity index (χ3v) is 5.84. The first kappa shape index (κ1) is 21.0. The van der Waals surface area contributed by atoms with Gasteiger partial charge in [0.25, 0.3) is 5.91 Å². The monoisotopic (exact) mass is 418 g/mol. The van der Waals surface area contributed by atoms with Crippen LogP contribution in [0.15, 0.2) is 48.5 Å². The average Bonchev–Trinajstić information content (AvgIpc) is 2.87. The number of hydrogen-bond donors (Lipinski definition) is 1. The number of para-hydroxylation sites is 3. The molecule has 0 spiro atoms. The molecule has 1 N–H and O–H groups in total. The van der Waals surface area contributed by atoms with Gasteiger partial charge in [-0.25, -0.2) is 8.42 Å². The molecular formula is C21H26N2O5S. The van der Waals surface area contributed by atoms with Crippen LogP contribution in [0.5, 0.6) is 11.5 Å². The van der Waals surface area contributed by atoms with E-state index >= 15 is 0 Å². The van der Waals surface area contributed by atoms with E-state index in [4.69, 9.17) is 9.47 Å². The Labute approximate surface area is 171 Å². The summed E-state index contributed by atoms with van der Waals surface area (Å²) < 4.78 is 37.2. The fraction of sp³-hybridized carbons (Fsp3) is 0.381. The quantitative estimate of drug-likeness (QED) is 0.779. The van der Waals surface area contributed by atoms with Crippen molar-refractivity contribution in [2.24, 2.45) is 0 Å². The molecule has 8 heteroatoms. The lowest BCUT2D eigenvalue weighted by molar-refractivity contribution is -0.128. The lowest BCUT2D eigenvalue weighted by atomic mass is 10.2. The van der Waals surface area contributed by atoms with Crippen molar-refractivity contribution in [1.82, 2.24) is 5.32 Å². The van der Waals surface area contributed by atoms with Crippen LogP contribution in [0.2, 0.25) is 0 Å². The molecule has 0 bridgehead atoms. The van der Waals surface area contributed by atoms with E-state index in [2.05, 4.69) is 5.32 Å². The van der Waals surface area contributed by atoms with Crippen molar-refractivity contribution in [3.8, 4) is 11.5 Å². The molecule has 2 aromatic rings. The maximum absolute atomic E-state index is 12.7. The van der Waals surface area contributed by atoms with Gasteiger partial charge in [-0.05, 0) is 37.6 Å². The second-order valence-electron chi connectivity index (χ2n) is 7.18. The number of rotatable bonds is 6. The molecular weight excluding hydrogens is 392 g/mol. The van der Waals surface area contributed by atoms with Crippen LogP contribution in [0, 0.1) is 6.92 Å². The molecule has 1 aliphatic heterocycles. The Morgan fingerprint density at radius 3 is 2.66 bits per heavy atom. The summed E-state index contributed by atoms with van der Waals surface area (Å²) in [5.74, 6) is 0.854. The lowest BCUT2D eigenvalue weighted by Crippen LogP contribution is -2.45. The first-order valence-electron chi connectivity index (χ1n) is 9.48. The topological polar surface area (TPSA) is 84.9 Å². The summed E-state index contributed by atoms with van der Waals surface area (Å²) in [5, 5.41) is 2.89. The Morgan fingerprint density at radius 2 is 1.93 bits per heavy atom. The highest BCUT2D eigenvalue weighted by atomic mass is 32.2. The SMILES string of the molecule is Cc1ccccc1OC[C@@H](C)NC(=O)[C@H]1CCN(S(C)(=O)=O)c2ccccc2O1. The van der Waals surface area contributed by atoms with Crippen LogP contribution < -0.4 is 19.1 Å². The van der Waals surface area contributed by atoms with E-state index in [0.29, 0.717) is 18.0 Å². The summed E-state index contributed by atoms with van der Waals surface area (Å²) in [6.45, 7) is 4.30. The van der Waals surface area contributed by atoms with Gasteiger partial charge in [-0.15, -0.1) is 0 Å². The van der Waals surface area contributed by atoms with Gasteiger partial charge < -0.3 is 14.8 Å². The highest BCUT2D eigenvalue weighted by molar-refractivity contribution is 7.92. The number of carbonyl (C=O) groups is 1. The molecule has 7 nitrogen and oxygen atoms in total. The Kier molecular flexibility index (Phi) is 6.32. The summed E-state index contributed by atoms with van der Waals surface area (Å²) in [6, 6.07) is 14.3. The van der Waals surface area contributed by atoms with E-state index in [1.807, 2.05) is 38.1 Å². The maximum Gasteiger partial charge on any atom is 0.261 e. The Balaban J connectivity index is 1.65. The van der Waals surface area contributed by atoms with Crippen molar-refractivity contribution in [2.75, 3.05) is 23.7 Å². The molecule has 0 saturated carbocycles. The van der Waals surface area contributed by atoms with E-state index in [9.17, 15) is 13.2 Å². The summed E-state index contributed by atoms with van der Waals surface area (Å²) in [6.07, 6.45) is 0.609. The standard InChI is InChI=1S/C21H26N2O5S/c1-15-8-4-6-10-18(15)27-14-16(2)22-21(24)20-12-13-23(29(3,25)26)17-9-5-7-11-19(17)28-20/h4-11,16,20H,12-14H2,1-3H3,(H,22,24)/t16-,20-/m1/s1. The molecule has 0 fully saturated rings. The molecule has 0 unspecified atom stereocenters. The van der Waals surface area contributed by atoms with Crippen LogP contribution in [0.4, 0.5) is 5.69 Å². The minimum Gasteiger partial charge on any atom is -0.491 e. The average molecular weight is 419 g/mol. The molecule has 29 heavy (non-hydrogen) atoms. The fourth-order valence-electron chi connectivity index (χ4n) is 3.17. The van der Waals surface area contributed by atoms with Crippen molar-refractivity contribution in [2.45, 2.75) is 32.4 Å². The first-order chi connectivity index (χ1) is 13.8. The number of nitrogens with one attached hydrogen (secondary N) is 1. The Bertz CT molecular complexity index is 977. The van der Waals surface area contributed by atoms with Crippen molar-refractivity contribution >= 4 is 21.6 Å². The van der Waals surface area contributed by atoms with Gasteiger partial charge >= 0.3 is 0 Å². The van der Waals surface area contributed by atoms with Crippen LogP contribution in [0.1, 0.15) is 18.9 Å². The third kappa shape index (κ3) is 5.20. The number of nitrogens with zero attached hydrogens (tertiary/aromatic N) is 1. The zero-order chi connectivity index (χ0) is 21.0. The molecule has 0 saturated heterocycles. The van der Waals surface area contributed by atoms with Gasteiger partial charge in [-0.2, -0.15) is 0 Å².